The van der Waals surface area contributed by atoms with Gasteiger partial charge in [-0.05, 0) is 76.4 Å². The summed E-state index contributed by atoms with van der Waals surface area (Å²) in [5.74, 6) is 0.976. The van der Waals surface area contributed by atoms with Crippen LogP contribution in [0.25, 0.3) is 97.4 Å². The van der Waals surface area contributed by atoms with Gasteiger partial charge < -0.3 is 4.40 Å². The van der Waals surface area contributed by atoms with Gasteiger partial charge in [-0.2, -0.15) is 0 Å². The largest absolute Gasteiger partial charge is 0.308 e. The molecular formula is C51H31N3S. The van der Waals surface area contributed by atoms with Crippen LogP contribution in [0.15, 0.2) is 169 Å². The number of benzene rings is 8. The Balaban J connectivity index is 1.22. The highest BCUT2D eigenvalue weighted by atomic mass is 32.1. The molecule has 0 radical (unpaired) electrons. The molecule has 256 valence electrons. The molecule has 8 aromatic carbocycles. The summed E-state index contributed by atoms with van der Waals surface area (Å²) in [4.78, 5) is 7.16. The minimum atomic E-state index is 0.890. The maximum absolute atomic E-state index is 5.89. The smallest absolute Gasteiger partial charge is 0.134 e. The quantitative estimate of drug-likeness (QED) is 0.170. The Morgan fingerprint density at radius 1 is 0.491 bits per heavy atom. The molecule has 1 aliphatic rings. The van der Waals surface area contributed by atoms with E-state index in [1.165, 1.54) is 102 Å². The third kappa shape index (κ3) is 3.96. The number of nitrogens with zero attached hydrogens (tertiary/aromatic N) is 3. The van der Waals surface area contributed by atoms with Gasteiger partial charge in [0.25, 0.3) is 0 Å². The zero-order chi connectivity index (χ0) is 35.8. The molecule has 0 N–H and O–H groups in total. The lowest BCUT2D eigenvalue weighted by Gasteiger charge is -2.17. The SMILES string of the molecule is C1=C(n2c3cc4c5ccccc5n5c6ccccc6c(c3c3ccc6ccccc6c32)c45)\N=C(\c2ccc3ccccc3c2)c2sc3ccccc3c2CC/1. The molecule has 5 heterocycles. The molecule has 0 saturated heterocycles. The molecule has 4 heteroatoms. The summed E-state index contributed by atoms with van der Waals surface area (Å²) in [5.41, 5.74) is 9.77. The first kappa shape index (κ1) is 29.7. The van der Waals surface area contributed by atoms with Crippen LogP contribution >= 0.6 is 11.3 Å². The van der Waals surface area contributed by atoms with Crippen LogP contribution in [0.4, 0.5) is 0 Å². The highest BCUT2D eigenvalue weighted by Crippen LogP contribution is 2.48. The molecule has 12 aromatic rings. The summed E-state index contributed by atoms with van der Waals surface area (Å²) in [6.07, 6.45) is 4.24. The molecule has 0 atom stereocenters. The first-order chi connectivity index (χ1) is 27.3. The first-order valence-corrected chi connectivity index (χ1v) is 19.9. The van der Waals surface area contributed by atoms with Gasteiger partial charge in [-0.3, -0.25) is 4.57 Å². The number of fused-ring (bicyclic) bond motifs is 16. The van der Waals surface area contributed by atoms with Crippen LogP contribution in [0.2, 0.25) is 0 Å². The van der Waals surface area contributed by atoms with Gasteiger partial charge in [0.1, 0.15) is 5.82 Å². The van der Waals surface area contributed by atoms with E-state index in [2.05, 4.69) is 173 Å². The third-order valence-electron chi connectivity index (χ3n) is 12.1. The standard InChI is InChI=1S/C51H31N3S/c1-2-14-32-28-33(25-24-30(32)12-1)48-51-37(36-17-7-10-22-44(36)55-51)19-11-23-45(52-48)54-43-29-40-35-16-5-8-20-41(35)53-42-21-9-6-18-38(42)47(50(40)53)46(43)39-27-26-31-13-3-4-15-34(31)49(39)54/h1-10,12-18,20-29H,11,19H2/b45-23+,52-48-. The van der Waals surface area contributed by atoms with E-state index < -0.39 is 0 Å². The van der Waals surface area contributed by atoms with E-state index in [0.717, 1.165) is 29.9 Å². The van der Waals surface area contributed by atoms with E-state index >= 15 is 0 Å². The number of hydrogen-bond donors (Lipinski definition) is 0. The monoisotopic (exact) mass is 717 g/mol. The summed E-state index contributed by atoms with van der Waals surface area (Å²) < 4.78 is 6.32. The highest BCUT2D eigenvalue weighted by molar-refractivity contribution is 7.21. The lowest BCUT2D eigenvalue weighted by molar-refractivity contribution is 0.994. The van der Waals surface area contributed by atoms with Crippen molar-refractivity contribution in [2.45, 2.75) is 12.8 Å². The molecule has 0 saturated carbocycles. The van der Waals surface area contributed by atoms with Crippen LogP contribution in [-0.2, 0) is 6.42 Å². The Kier molecular flexibility index (Phi) is 5.89. The van der Waals surface area contributed by atoms with Gasteiger partial charge in [-0.1, -0.05) is 127 Å². The number of allylic oxidation sites excluding steroid dienone is 1. The van der Waals surface area contributed by atoms with Crippen molar-refractivity contribution in [3.05, 3.63) is 180 Å². The molecule has 55 heavy (non-hydrogen) atoms. The van der Waals surface area contributed by atoms with Crippen molar-refractivity contribution in [3.8, 4) is 0 Å². The molecular weight excluding hydrogens is 687 g/mol. The highest BCUT2D eigenvalue weighted by Gasteiger charge is 2.27. The summed E-state index contributed by atoms with van der Waals surface area (Å²) in [5, 5.41) is 14.0. The number of hydrogen-bond acceptors (Lipinski definition) is 2. The van der Waals surface area contributed by atoms with E-state index in [-0.39, 0.29) is 0 Å². The average Bonchev–Trinajstić information content (AvgIpc) is 3.96. The van der Waals surface area contributed by atoms with Crippen LogP contribution in [0, 0.1) is 0 Å². The van der Waals surface area contributed by atoms with Gasteiger partial charge >= 0.3 is 0 Å². The molecule has 4 aromatic heterocycles. The van der Waals surface area contributed by atoms with Gasteiger partial charge in [0.05, 0.1) is 38.2 Å². The van der Waals surface area contributed by atoms with Crippen molar-refractivity contribution < 1.29 is 0 Å². The van der Waals surface area contributed by atoms with Crippen LogP contribution in [0.1, 0.15) is 22.4 Å². The van der Waals surface area contributed by atoms with E-state index in [0.29, 0.717) is 0 Å². The average molecular weight is 718 g/mol. The van der Waals surface area contributed by atoms with Crippen LogP contribution in [0.5, 0.6) is 0 Å². The summed E-state index contributed by atoms with van der Waals surface area (Å²) in [7, 11) is 0. The molecule has 13 rings (SSSR count). The minimum absolute atomic E-state index is 0.890. The predicted molar refractivity (Wildman–Crippen MR) is 236 cm³/mol. The molecule has 3 nitrogen and oxygen atoms in total. The van der Waals surface area contributed by atoms with E-state index in [4.69, 9.17) is 4.99 Å². The lowest BCUT2D eigenvalue weighted by Crippen LogP contribution is -2.09. The summed E-state index contributed by atoms with van der Waals surface area (Å²) in [6, 6.07) is 58.2. The fraction of sp³-hybridized carbons (Fsp3) is 0.0392. The molecule has 0 aliphatic carbocycles. The molecule has 1 aliphatic heterocycles. The minimum Gasteiger partial charge on any atom is -0.308 e. The zero-order valence-electron chi connectivity index (χ0n) is 29.8. The van der Waals surface area contributed by atoms with Gasteiger partial charge in [-0.15, -0.1) is 11.3 Å². The van der Waals surface area contributed by atoms with Gasteiger partial charge in [0.15, 0.2) is 0 Å². The number of aliphatic imine (C=N–C) groups is 1. The van der Waals surface area contributed by atoms with Crippen LogP contribution < -0.4 is 0 Å². The van der Waals surface area contributed by atoms with Crippen LogP contribution in [0.3, 0.4) is 0 Å². The van der Waals surface area contributed by atoms with Gasteiger partial charge in [0.2, 0.25) is 0 Å². The van der Waals surface area contributed by atoms with Crippen molar-refractivity contribution in [2.24, 2.45) is 4.99 Å². The predicted octanol–water partition coefficient (Wildman–Crippen LogP) is 13.7. The maximum atomic E-state index is 5.89. The third-order valence-corrected chi connectivity index (χ3v) is 13.3. The molecule has 0 bridgehead atoms. The van der Waals surface area contributed by atoms with E-state index in [1.54, 1.807) is 0 Å². The molecule has 0 fully saturated rings. The molecule has 0 spiro atoms. The zero-order valence-corrected chi connectivity index (χ0v) is 30.6. The van der Waals surface area contributed by atoms with Gasteiger partial charge in [0, 0.05) is 48.0 Å². The normalized spacial score (nSPS) is 15.8. The summed E-state index contributed by atoms with van der Waals surface area (Å²) in [6.45, 7) is 0. The second kappa shape index (κ2) is 10.9. The molecule has 0 amide bonds. The Bertz CT molecular complexity index is 3660. The van der Waals surface area contributed by atoms with Crippen molar-refractivity contribution in [1.82, 2.24) is 8.97 Å². The lowest BCUT2D eigenvalue weighted by atomic mass is 9.97. The van der Waals surface area contributed by atoms with Crippen molar-refractivity contribution in [3.63, 3.8) is 0 Å². The fourth-order valence-electron chi connectivity index (χ4n) is 9.78. The number of para-hydroxylation sites is 2. The number of thiophene rings is 1. The number of aryl methyl sites for hydroxylation is 1. The first-order valence-electron chi connectivity index (χ1n) is 19.1. The second-order valence-corrected chi connectivity index (χ2v) is 16.0. The molecule has 0 unspecified atom stereocenters. The Morgan fingerprint density at radius 3 is 2.05 bits per heavy atom. The van der Waals surface area contributed by atoms with Gasteiger partial charge in [-0.25, -0.2) is 4.99 Å². The fourth-order valence-corrected chi connectivity index (χ4v) is 11.0. The van der Waals surface area contributed by atoms with Crippen molar-refractivity contribution in [2.75, 3.05) is 0 Å². The van der Waals surface area contributed by atoms with E-state index in [9.17, 15) is 0 Å². The second-order valence-electron chi connectivity index (χ2n) is 15.0. The maximum Gasteiger partial charge on any atom is 0.134 e. The number of aromatic nitrogens is 2. The Hall–Kier alpha value is -6.75. The summed E-state index contributed by atoms with van der Waals surface area (Å²) >= 11 is 1.88. The topological polar surface area (TPSA) is 21.7 Å². The Morgan fingerprint density at radius 2 is 1.18 bits per heavy atom. The van der Waals surface area contributed by atoms with Crippen molar-refractivity contribution >= 4 is 114 Å². The van der Waals surface area contributed by atoms with Crippen LogP contribution in [-0.4, -0.2) is 14.7 Å². The van der Waals surface area contributed by atoms with E-state index in [1.807, 2.05) is 11.3 Å². The van der Waals surface area contributed by atoms with Crippen molar-refractivity contribution in [1.29, 1.82) is 0 Å². The number of rotatable bonds is 2. The Labute approximate surface area is 319 Å².